The van der Waals surface area contributed by atoms with Crippen molar-refractivity contribution >= 4 is 22.5 Å². The Labute approximate surface area is 161 Å². The van der Waals surface area contributed by atoms with Gasteiger partial charge < -0.3 is 10.2 Å². The number of fused-ring (bicyclic) bond motifs is 1. The zero-order chi connectivity index (χ0) is 19.5. The third-order valence-electron chi connectivity index (χ3n) is 4.25. The third-order valence-corrected chi connectivity index (χ3v) is 4.25. The number of H-pyrrole nitrogens is 1. The number of hydrogen-bond acceptors (Lipinski definition) is 6. The summed E-state index contributed by atoms with van der Waals surface area (Å²) in [7, 11) is 4.04. The molecule has 0 aliphatic carbocycles. The highest BCUT2D eigenvalue weighted by Gasteiger charge is 2.15. The van der Waals surface area contributed by atoms with Crippen LogP contribution in [0.25, 0.3) is 22.0 Å². The first-order chi connectivity index (χ1) is 13.6. The number of pyridine rings is 1. The van der Waals surface area contributed by atoms with Gasteiger partial charge in [0.2, 0.25) is 0 Å². The molecule has 0 radical (unpaired) electrons. The van der Waals surface area contributed by atoms with E-state index in [4.69, 9.17) is 0 Å². The number of nitrogens with zero attached hydrogens (tertiary/aromatic N) is 5. The molecule has 0 spiro atoms. The van der Waals surface area contributed by atoms with Gasteiger partial charge in [-0.25, -0.2) is 0 Å². The van der Waals surface area contributed by atoms with E-state index in [1.54, 1.807) is 6.07 Å². The number of amides is 1. The maximum Gasteiger partial charge on any atom is 0.276 e. The molecule has 2 N–H and O–H groups in total. The van der Waals surface area contributed by atoms with Crippen LogP contribution in [0.5, 0.6) is 0 Å². The van der Waals surface area contributed by atoms with Gasteiger partial charge in [0.1, 0.15) is 0 Å². The summed E-state index contributed by atoms with van der Waals surface area (Å²) >= 11 is 0. The number of benzene rings is 1. The Morgan fingerprint density at radius 3 is 2.75 bits per heavy atom. The SMILES string of the molecule is CN(C)Cc1cncc(-c2ccc3[nH]nc(C(=O)Nc4ccnnc4)c3c2)c1. The van der Waals surface area contributed by atoms with Crippen molar-refractivity contribution in [3.05, 3.63) is 66.4 Å². The molecule has 0 atom stereocenters. The van der Waals surface area contributed by atoms with Crippen LogP contribution in [0.2, 0.25) is 0 Å². The van der Waals surface area contributed by atoms with Crippen molar-refractivity contribution in [2.24, 2.45) is 0 Å². The molecule has 28 heavy (non-hydrogen) atoms. The number of carbonyl (C=O) groups excluding carboxylic acids is 1. The lowest BCUT2D eigenvalue weighted by Crippen LogP contribution is -2.13. The van der Waals surface area contributed by atoms with Gasteiger partial charge in [0, 0.05) is 29.9 Å². The van der Waals surface area contributed by atoms with Crippen molar-refractivity contribution < 1.29 is 4.79 Å². The highest BCUT2D eigenvalue weighted by Crippen LogP contribution is 2.26. The summed E-state index contributed by atoms with van der Waals surface area (Å²) in [6.07, 6.45) is 6.69. The third kappa shape index (κ3) is 3.72. The van der Waals surface area contributed by atoms with E-state index in [9.17, 15) is 4.79 Å². The van der Waals surface area contributed by atoms with Crippen molar-refractivity contribution in [1.29, 1.82) is 0 Å². The zero-order valence-electron chi connectivity index (χ0n) is 15.5. The predicted octanol–water partition coefficient (Wildman–Crippen LogP) is 2.73. The first-order valence-corrected chi connectivity index (χ1v) is 8.75. The molecule has 1 amide bonds. The van der Waals surface area contributed by atoms with Gasteiger partial charge >= 0.3 is 0 Å². The number of hydrogen-bond donors (Lipinski definition) is 2. The maximum absolute atomic E-state index is 12.7. The van der Waals surface area contributed by atoms with Crippen LogP contribution in [0, 0.1) is 0 Å². The molecular formula is C20H19N7O. The van der Waals surface area contributed by atoms with Crippen molar-refractivity contribution in [2.45, 2.75) is 6.54 Å². The molecule has 0 bridgehead atoms. The fourth-order valence-corrected chi connectivity index (χ4v) is 3.02. The molecule has 140 valence electrons. The van der Waals surface area contributed by atoms with Gasteiger partial charge in [0.25, 0.3) is 5.91 Å². The summed E-state index contributed by atoms with van der Waals surface area (Å²) in [5, 5.41) is 18.1. The van der Waals surface area contributed by atoms with Crippen LogP contribution in [0.4, 0.5) is 5.69 Å². The molecule has 0 saturated carbocycles. The van der Waals surface area contributed by atoms with Gasteiger partial charge in [-0.2, -0.15) is 15.3 Å². The summed E-state index contributed by atoms with van der Waals surface area (Å²) in [6, 6.07) is 9.64. The minimum absolute atomic E-state index is 0.309. The van der Waals surface area contributed by atoms with E-state index in [1.165, 1.54) is 12.4 Å². The molecule has 0 fully saturated rings. The molecule has 4 rings (SSSR count). The Hall–Kier alpha value is -3.65. The lowest BCUT2D eigenvalue weighted by Gasteiger charge is -2.10. The van der Waals surface area contributed by atoms with Crippen LogP contribution in [0.15, 0.2) is 55.1 Å². The second kappa shape index (κ2) is 7.53. The average Bonchev–Trinajstić information content (AvgIpc) is 3.12. The van der Waals surface area contributed by atoms with Crippen LogP contribution >= 0.6 is 0 Å². The number of anilines is 1. The summed E-state index contributed by atoms with van der Waals surface area (Å²) in [5.41, 5.74) is 4.77. The van der Waals surface area contributed by atoms with E-state index < -0.39 is 0 Å². The minimum atomic E-state index is -0.309. The largest absolute Gasteiger partial charge is 0.319 e. The van der Waals surface area contributed by atoms with Crippen molar-refractivity contribution in [2.75, 3.05) is 19.4 Å². The first kappa shape index (κ1) is 17.7. The molecule has 8 heteroatoms. The zero-order valence-corrected chi connectivity index (χ0v) is 15.5. The molecule has 0 saturated heterocycles. The number of rotatable bonds is 5. The number of aromatic nitrogens is 5. The Morgan fingerprint density at radius 1 is 1.07 bits per heavy atom. The molecule has 0 unspecified atom stereocenters. The van der Waals surface area contributed by atoms with Crippen LogP contribution in [0.1, 0.15) is 16.1 Å². The Morgan fingerprint density at radius 2 is 1.96 bits per heavy atom. The van der Waals surface area contributed by atoms with Gasteiger partial charge in [0.05, 0.1) is 23.6 Å². The summed E-state index contributed by atoms with van der Waals surface area (Å²) in [5.74, 6) is -0.309. The van der Waals surface area contributed by atoms with E-state index in [2.05, 4.69) is 41.7 Å². The molecule has 4 aromatic rings. The second-order valence-electron chi connectivity index (χ2n) is 6.74. The van der Waals surface area contributed by atoms with Crippen molar-refractivity contribution in [3.63, 3.8) is 0 Å². The quantitative estimate of drug-likeness (QED) is 0.558. The molecular weight excluding hydrogens is 354 g/mol. The van der Waals surface area contributed by atoms with Crippen molar-refractivity contribution in [1.82, 2.24) is 30.3 Å². The first-order valence-electron chi connectivity index (χ1n) is 8.75. The van der Waals surface area contributed by atoms with E-state index in [1.807, 2.05) is 44.7 Å². The predicted molar refractivity (Wildman–Crippen MR) is 107 cm³/mol. The molecule has 0 aliphatic heterocycles. The standard InChI is InChI=1S/C20H19N7O/c1-27(2)12-13-7-15(10-21-9-13)14-3-4-18-17(8-14)19(26-25-18)20(28)24-16-5-6-22-23-11-16/h3-11H,12H2,1-2H3,(H,25,26)(H,22,24,28). The fraction of sp³-hybridized carbons (Fsp3) is 0.150. The van der Waals surface area contributed by atoms with E-state index in [0.717, 1.165) is 34.1 Å². The topological polar surface area (TPSA) is 99.7 Å². The van der Waals surface area contributed by atoms with E-state index in [0.29, 0.717) is 11.4 Å². The van der Waals surface area contributed by atoms with Crippen LogP contribution < -0.4 is 5.32 Å². The Bertz CT molecular complexity index is 1120. The van der Waals surface area contributed by atoms with Gasteiger partial charge in [-0.15, -0.1) is 0 Å². The summed E-state index contributed by atoms with van der Waals surface area (Å²) in [4.78, 5) is 19.1. The lowest BCUT2D eigenvalue weighted by atomic mass is 10.0. The van der Waals surface area contributed by atoms with E-state index >= 15 is 0 Å². The van der Waals surface area contributed by atoms with Gasteiger partial charge in [-0.1, -0.05) is 6.07 Å². The van der Waals surface area contributed by atoms with Crippen LogP contribution in [-0.4, -0.2) is 50.3 Å². The molecule has 1 aromatic carbocycles. The van der Waals surface area contributed by atoms with Crippen molar-refractivity contribution in [3.8, 4) is 11.1 Å². The summed E-state index contributed by atoms with van der Waals surface area (Å²) < 4.78 is 0. The van der Waals surface area contributed by atoms with E-state index in [-0.39, 0.29) is 5.91 Å². The van der Waals surface area contributed by atoms with Crippen LogP contribution in [-0.2, 0) is 6.54 Å². The Kier molecular flexibility index (Phi) is 4.77. The minimum Gasteiger partial charge on any atom is -0.319 e. The van der Waals surface area contributed by atoms with Gasteiger partial charge in [-0.05, 0) is 49.5 Å². The van der Waals surface area contributed by atoms with Gasteiger partial charge in [-0.3, -0.25) is 14.9 Å². The number of carbonyl (C=O) groups is 1. The maximum atomic E-state index is 12.7. The molecule has 3 aromatic heterocycles. The monoisotopic (exact) mass is 373 g/mol. The fourth-order valence-electron chi connectivity index (χ4n) is 3.02. The molecule has 3 heterocycles. The smallest absolute Gasteiger partial charge is 0.276 e. The average molecular weight is 373 g/mol. The molecule has 0 aliphatic rings. The summed E-state index contributed by atoms with van der Waals surface area (Å²) in [6.45, 7) is 0.808. The number of nitrogens with one attached hydrogen (secondary N) is 2. The number of aromatic amines is 1. The van der Waals surface area contributed by atoms with Gasteiger partial charge in [0.15, 0.2) is 5.69 Å². The Balaban J connectivity index is 1.67. The molecule has 8 nitrogen and oxygen atoms in total. The highest BCUT2D eigenvalue weighted by atomic mass is 16.1. The lowest BCUT2D eigenvalue weighted by molar-refractivity contribution is 0.102. The highest BCUT2D eigenvalue weighted by molar-refractivity contribution is 6.11. The second-order valence-corrected chi connectivity index (χ2v) is 6.74. The normalized spacial score (nSPS) is 11.1. The van der Waals surface area contributed by atoms with Crippen LogP contribution in [0.3, 0.4) is 0 Å².